The van der Waals surface area contributed by atoms with Gasteiger partial charge in [0.05, 0.1) is 11.3 Å². The number of hydrogen-bond donors (Lipinski definition) is 1. The normalized spacial score (nSPS) is 19.8. The number of halogens is 1. The van der Waals surface area contributed by atoms with Gasteiger partial charge in [-0.05, 0) is 17.7 Å². The summed E-state index contributed by atoms with van der Waals surface area (Å²) in [5.74, 6) is -1.22. The molecular formula is C14H9FN4O. The van der Waals surface area contributed by atoms with Crippen LogP contribution in [-0.2, 0) is 0 Å². The van der Waals surface area contributed by atoms with Crippen LogP contribution in [0.3, 0.4) is 0 Å². The molecule has 0 bridgehead atoms. The second-order valence-electron chi connectivity index (χ2n) is 4.49. The van der Waals surface area contributed by atoms with Crippen LogP contribution in [0, 0.1) is 17.1 Å². The summed E-state index contributed by atoms with van der Waals surface area (Å²) in [5.41, 5.74) is 6.58. The van der Waals surface area contributed by atoms with Gasteiger partial charge in [0.25, 0.3) is 0 Å². The van der Waals surface area contributed by atoms with Gasteiger partial charge in [0.1, 0.15) is 11.8 Å². The van der Waals surface area contributed by atoms with Crippen LogP contribution in [0.25, 0.3) is 0 Å². The fraction of sp³-hybridized carbons (Fsp3) is 0.143. The number of allylic oxidation sites excluding steroid dienone is 1. The fourth-order valence-electron chi connectivity index (χ4n) is 2.27. The highest BCUT2D eigenvalue weighted by molar-refractivity contribution is 6.24. The number of carbonyl (C=O) groups excluding carboxylic acids is 1. The van der Waals surface area contributed by atoms with Crippen LogP contribution in [0.1, 0.15) is 16.8 Å². The Bertz CT molecular complexity index is 755. The van der Waals surface area contributed by atoms with E-state index in [4.69, 9.17) is 11.0 Å². The first-order valence-corrected chi connectivity index (χ1v) is 5.93. The van der Waals surface area contributed by atoms with Crippen LogP contribution < -0.4 is 5.73 Å². The SMILES string of the molecule is N#CC1=NC2N=CC(C(=O)c3cccc(N)c3F)=C2C1. The third kappa shape index (κ3) is 1.72. The second-order valence-corrected chi connectivity index (χ2v) is 4.49. The maximum Gasteiger partial charge on any atom is 0.197 e. The topological polar surface area (TPSA) is 91.6 Å². The van der Waals surface area contributed by atoms with Crippen LogP contribution in [0.15, 0.2) is 39.3 Å². The molecule has 0 saturated carbocycles. The Morgan fingerprint density at radius 1 is 1.50 bits per heavy atom. The summed E-state index contributed by atoms with van der Waals surface area (Å²) >= 11 is 0. The average molecular weight is 268 g/mol. The molecule has 3 rings (SSSR count). The second kappa shape index (κ2) is 4.38. The first-order chi connectivity index (χ1) is 9.61. The molecule has 0 amide bonds. The fourth-order valence-corrected chi connectivity index (χ4v) is 2.27. The van der Waals surface area contributed by atoms with Gasteiger partial charge in [-0.15, -0.1) is 0 Å². The summed E-state index contributed by atoms with van der Waals surface area (Å²) in [6, 6.07) is 6.24. The number of anilines is 1. The zero-order valence-corrected chi connectivity index (χ0v) is 10.3. The maximum absolute atomic E-state index is 13.9. The van der Waals surface area contributed by atoms with Gasteiger partial charge in [-0.1, -0.05) is 6.07 Å². The maximum atomic E-state index is 13.9. The third-order valence-electron chi connectivity index (χ3n) is 3.29. The van der Waals surface area contributed by atoms with E-state index in [9.17, 15) is 9.18 Å². The van der Waals surface area contributed by atoms with Crippen molar-refractivity contribution in [1.82, 2.24) is 0 Å². The zero-order chi connectivity index (χ0) is 14.3. The van der Waals surface area contributed by atoms with E-state index >= 15 is 0 Å². The Hall–Kier alpha value is -2.81. The van der Waals surface area contributed by atoms with E-state index in [2.05, 4.69) is 9.98 Å². The summed E-state index contributed by atoms with van der Waals surface area (Å²) in [6.07, 6.45) is 1.17. The summed E-state index contributed by atoms with van der Waals surface area (Å²) < 4.78 is 13.9. The molecule has 5 nitrogen and oxygen atoms in total. The zero-order valence-electron chi connectivity index (χ0n) is 10.3. The molecule has 2 N–H and O–H groups in total. The molecule has 0 spiro atoms. The Morgan fingerprint density at radius 2 is 2.30 bits per heavy atom. The molecule has 0 radical (unpaired) electrons. The molecule has 2 heterocycles. The standard InChI is InChI=1S/C14H9FN4O/c15-12-8(2-1-3-11(12)17)13(20)10-6-18-14-9(10)4-7(5-16)19-14/h1-3,6,14H,4,17H2. The van der Waals surface area contributed by atoms with Crippen molar-refractivity contribution < 1.29 is 9.18 Å². The van der Waals surface area contributed by atoms with Gasteiger partial charge < -0.3 is 5.73 Å². The number of aliphatic imine (C=N–C) groups is 2. The number of rotatable bonds is 2. The van der Waals surface area contributed by atoms with E-state index in [-0.39, 0.29) is 17.7 Å². The number of nitrogen functional groups attached to an aromatic ring is 1. The van der Waals surface area contributed by atoms with E-state index in [1.807, 2.05) is 6.07 Å². The van der Waals surface area contributed by atoms with Gasteiger partial charge in [-0.25, -0.2) is 9.38 Å². The van der Waals surface area contributed by atoms with Crippen molar-refractivity contribution >= 4 is 23.4 Å². The highest BCUT2D eigenvalue weighted by Gasteiger charge is 2.32. The molecule has 6 heteroatoms. The Balaban J connectivity index is 2.02. The lowest BCUT2D eigenvalue weighted by Crippen LogP contribution is -2.10. The van der Waals surface area contributed by atoms with E-state index < -0.39 is 17.8 Å². The number of ketones is 1. The minimum absolute atomic E-state index is 0.0756. The van der Waals surface area contributed by atoms with Gasteiger partial charge >= 0.3 is 0 Å². The Kier molecular flexibility index (Phi) is 2.68. The van der Waals surface area contributed by atoms with Crippen molar-refractivity contribution in [1.29, 1.82) is 5.26 Å². The minimum atomic E-state index is -0.734. The van der Waals surface area contributed by atoms with E-state index in [1.54, 1.807) is 0 Å². The summed E-state index contributed by atoms with van der Waals surface area (Å²) in [7, 11) is 0. The molecular weight excluding hydrogens is 259 g/mol. The Morgan fingerprint density at radius 3 is 3.05 bits per heavy atom. The number of fused-ring (bicyclic) bond motifs is 1. The third-order valence-corrected chi connectivity index (χ3v) is 3.29. The molecule has 98 valence electrons. The van der Waals surface area contributed by atoms with Crippen molar-refractivity contribution in [3.63, 3.8) is 0 Å². The minimum Gasteiger partial charge on any atom is -0.396 e. The molecule has 0 aromatic heterocycles. The van der Waals surface area contributed by atoms with Crippen LogP contribution in [-0.4, -0.2) is 23.9 Å². The van der Waals surface area contributed by atoms with Crippen molar-refractivity contribution in [3.05, 3.63) is 40.7 Å². The summed E-state index contributed by atoms with van der Waals surface area (Å²) in [6.45, 7) is 0. The number of Topliss-reactive ketones (excluding diaryl/α,β-unsaturated/α-hetero) is 1. The van der Waals surface area contributed by atoms with E-state index in [1.165, 1.54) is 24.4 Å². The lowest BCUT2D eigenvalue weighted by molar-refractivity contribution is 0.103. The number of nitriles is 1. The molecule has 1 atom stereocenters. The lowest BCUT2D eigenvalue weighted by atomic mass is 9.97. The highest BCUT2D eigenvalue weighted by Crippen LogP contribution is 2.31. The number of carbonyl (C=O) groups is 1. The monoisotopic (exact) mass is 268 g/mol. The lowest BCUT2D eigenvalue weighted by Gasteiger charge is -2.05. The molecule has 1 aromatic carbocycles. The predicted molar refractivity (Wildman–Crippen MR) is 72.1 cm³/mol. The smallest absolute Gasteiger partial charge is 0.197 e. The van der Waals surface area contributed by atoms with Crippen molar-refractivity contribution in [2.24, 2.45) is 9.98 Å². The first-order valence-electron chi connectivity index (χ1n) is 5.93. The van der Waals surface area contributed by atoms with Crippen LogP contribution >= 0.6 is 0 Å². The molecule has 1 aromatic rings. The summed E-state index contributed by atoms with van der Waals surface area (Å²) in [4.78, 5) is 20.5. The Labute approximate surface area is 113 Å². The number of hydrogen-bond acceptors (Lipinski definition) is 5. The molecule has 2 aliphatic heterocycles. The van der Waals surface area contributed by atoms with Gasteiger partial charge in [-0.2, -0.15) is 5.26 Å². The quantitative estimate of drug-likeness (QED) is 0.653. The first kappa shape index (κ1) is 12.2. The van der Waals surface area contributed by atoms with Crippen LogP contribution in [0.4, 0.5) is 10.1 Å². The van der Waals surface area contributed by atoms with Crippen molar-refractivity contribution in [2.45, 2.75) is 12.6 Å². The largest absolute Gasteiger partial charge is 0.396 e. The molecule has 1 unspecified atom stereocenters. The van der Waals surface area contributed by atoms with E-state index in [0.29, 0.717) is 16.9 Å². The predicted octanol–water partition coefficient (Wildman–Crippen LogP) is 1.67. The average Bonchev–Trinajstić information content (AvgIpc) is 3.00. The highest BCUT2D eigenvalue weighted by atomic mass is 19.1. The molecule has 0 saturated heterocycles. The van der Waals surface area contributed by atoms with Crippen LogP contribution in [0.2, 0.25) is 0 Å². The van der Waals surface area contributed by atoms with Gasteiger partial charge in [0.15, 0.2) is 17.8 Å². The number of nitrogens with two attached hydrogens (primary N) is 1. The molecule has 0 aliphatic carbocycles. The van der Waals surface area contributed by atoms with E-state index in [0.717, 1.165) is 0 Å². The summed E-state index contributed by atoms with van der Waals surface area (Å²) in [5, 5.41) is 8.83. The van der Waals surface area contributed by atoms with Crippen molar-refractivity contribution in [3.8, 4) is 6.07 Å². The van der Waals surface area contributed by atoms with Gasteiger partial charge in [-0.3, -0.25) is 9.79 Å². The molecule has 0 fully saturated rings. The molecule has 2 aliphatic rings. The molecule has 20 heavy (non-hydrogen) atoms. The van der Waals surface area contributed by atoms with Crippen LogP contribution in [0.5, 0.6) is 0 Å². The van der Waals surface area contributed by atoms with Gasteiger partial charge in [0.2, 0.25) is 0 Å². The van der Waals surface area contributed by atoms with Gasteiger partial charge in [0, 0.05) is 18.2 Å². The number of nitrogens with zero attached hydrogens (tertiary/aromatic N) is 3. The number of benzene rings is 1. The van der Waals surface area contributed by atoms with Crippen molar-refractivity contribution in [2.75, 3.05) is 5.73 Å².